The molecule has 1 fully saturated rings. The molecule has 4 atom stereocenters. The van der Waals surface area contributed by atoms with Crippen molar-refractivity contribution in [2.75, 3.05) is 4.43 Å². The Kier molecular flexibility index (Phi) is 2.62. The maximum absolute atomic E-state index is 11.5. The molecule has 2 nitrogen and oxygen atoms in total. The molecule has 0 aromatic heterocycles. The fraction of sp³-hybridized carbons (Fsp3) is 0.700. The molecular weight excluding hydrogens is 279 g/mol. The Balaban J connectivity index is 2.22. The van der Waals surface area contributed by atoms with Crippen molar-refractivity contribution in [1.29, 1.82) is 0 Å². The molecule has 0 amide bonds. The van der Waals surface area contributed by atoms with Crippen molar-refractivity contribution >= 4 is 28.6 Å². The van der Waals surface area contributed by atoms with Crippen LogP contribution >= 0.6 is 22.6 Å². The predicted molar refractivity (Wildman–Crippen MR) is 58.7 cm³/mol. The fourth-order valence-electron chi connectivity index (χ4n) is 2.34. The van der Waals surface area contributed by atoms with Crippen molar-refractivity contribution in [2.45, 2.75) is 19.4 Å². The molecule has 13 heavy (non-hydrogen) atoms. The van der Waals surface area contributed by atoms with Gasteiger partial charge in [0.1, 0.15) is 6.10 Å². The van der Waals surface area contributed by atoms with Gasteiger partial charge in [-0.3, -0.25) is 4.79 Å². The van der Waals surface area contributed by atoms with Gasteiger partial charge in [-0.05, 0) is 12.3 Å². The quantitative estimate of drug-likeness (QED) is 0.320. The lowest BCUT2D eigenvalue weighted by Gasteiger charge is -2.24. The van der Waals surface area contributed by atoms with Crippen molar-refractivity contribution in [3.8, 4) is 0 Å². The Hall–Kier alpha value is -0.0600. The zero-order chi connectivity index (χ0) is 9.42. The van der Waals surface area contributed by atoms with Gasteiger partial charge in [-0.15, -0.1) is 0 Å². The van der Waals surface area contributed by atoms with Crippen LogP contribution < -0.4 is 0 Å². The summed E-state index contributed by atoms with van der Waals surface area (Å²) in [6.07, 6.45) is 5.49. The molecule has 0 unspecified atom stereocenters. The van der Waals surface area contributed by atoms with Crippen molar-refractivity contribution in [1.82, 2.24) is 0 Å². The van der Waals surface area contributed by atoms with E-state index in [4.69, 9.17) is 4.74 Å². The molecule has 2 aliphatic rings. The molecule has 1 aliphatic carbocycles. The van der Waals surface area contributed by atoms with Crippen LogP contribution in [0, 0.1) is 17.8 Å². The molecule has 1 saturated heterocycles. The number of carbonyl (C=O) groups is 1. The summed E-state index contributed by atoms with van der Waals surface area (Å²) in [5.74, 6) is 0.942. The van der Waals surface area contributed by atoms with Gasteiger partial charge in [0.05, 0.1) is 5.92 Å². The number of carbonyl (C=O) groups excluding carboxylic acids is 1. The van der Waals surface area contributed by atoms with Gasteiger partial charge < -0.3 is 4.74 Å². The van der Waals surface area contributed by atoms with Crippen LogP contribution in [-0.2, 0) is 9.53 Å². The first-order valence-electron chi connectivity index (χ1n) is 4.67. The van der Waals surface area contributed by atoms with Crippen LogP contribution in [-0.4, -0.2) is 16.5 Å². The lowest BCUT2D eigenvalue weighted by atomic mass is 9.76. The van der Waals surface area contributed by atoms with E-state index in [-0.39, 0.29) is 18.0 Å². The number of esters is 1. The highest BCUT2D eigenvalue weighted by molar-refractivity contribution is 14.1. The van der Waals surface area contributed by atoms with Gasteiger partial charge in [0.25, 0.3) is 0 Å². The second-order valence-corrected chi connectivity index (χ2v) is 4.72. The third-order valence-electron chi connectivity index (χ3n) is 3.04. The molecule has 0 saturated carbocycles. The minimum Gasteiger partial charge on any atom is -0.461 e. The predicted octanol–water partition coefficient (Wildman–Crippen LogP) is 2.18. The highest BCUT2D eigenvalue weighted by Crippen LogP contribution is 2.40. The summed E-state index contributed by atoms with van der Waals surface area (Å²) in [5.41, 5.74) is 0. The van der Waals surface area contributed by atoms with Gasteiger partial charge in [-0.1, -0.05) is 41.7 Å². The van der Waals surface area contributed by atoms with E-state index in [1.165, 1.54) is 0 Å². The highest BCUT2D eigenvalue weighted by atomic mass is 127. The average molecular weight is 292 g/mol. The molecule has 0 N–H and O–H groups in total. The number of fused-ring (bicyclic) bond motifs is 1. The molecule has 1 heterocycles. The summed E-state index contributed by atoms with van der Waals surface area (Å²) < 4.78 is 6.26. The molecule has 72 valence electrons. The van der Waals surface area contributed by atoms with Gasteiger partial charge in [0.15, 0.2) is 0 Å². The number of halogens is 1. The van der Waals surface area contributed by atoms with Crippen LogP contribution in [0.1, 0.15) is 13.3 Å². The first kappa shape index (κ1) is 9.49. The largest absolute Gasteiger partial charge is 0.461 e. The number of hydrogen-bond donors (Lipinski definition) is 0. The number of cyclic esters (lactones) is 1. The Morgan fingerprint density at radius 3 is 3.15 bits per heavy atom. The molecule has 0 spiro atoms. The Morgan fingerprint density at radius 1 is 1.69 bits per heavy atom. The minimum absolute atomic E-state index is 0.0171. The maximum Gasteiger partial charge on any atom is 0.310 e. The van der Waals surface area contributed by atoms with Crippen molar-refractivity contribution < 1.29 is 9.53 Å². The standard InChI is InChI=1S/C10H13IO2/c1-6-3-2-4-7-8(5-11)13-10(12)9(6)7/h2-3,6-9H,4-5H2,1H3/t6-,7-,8-,9-/m1/s1. The van der Waals surface area contributed by atoms with Crippen LogP contribution in [0.3, 0.4) is 0 Å². The Morgan fingerprint density at radius 2 is 2.46 bits per heavy atom. The minimum atomic E-state index is 0.0171. The summed E-state index contributed by atoms with van der Waals surface area (Å²) in [6, 6.07) is 0. The summed E-state index contributed by atoms with van der Waals surface area (Å²) >= 11 is 2.29. The van der Waals surface area contributed by atoms with E-state index in [0.717, 1.165) is 10.8 Å². The van der Waals surface area contributed by atoms with Crippen LogP contribution in [0.5, 0.6) is 0 Å². The molecule has 0 bridgehead atoms. The van der Waals surface area contributed by atoms with Crippen molar-refractivity contribution in [3.05, 3.63) is 12.2 Å². The molecule has 2 rings (SSSR count). The Bertz CT molecular complexity index is 249. The van der Waals surface area contributed by atoms with Crippen LogP contribution in [0.2, 0.25) is 0 Å². The number of allylic oxidation sites excluding steroid dienone is 2. The summed E-state index contributed by atoms with van der Waals surface area (Å²) in [7, 11) is 0. The topological polar surface area (TPSA) is 26.3 Å². The number of rotatable bonds is 1. The average Bonchev–Trinajstić information content (AvgIpc) is 2.44. The first-order chi connectivity index (χ1) is 6.24. The van der Waals surface area contributed by atoms with E-state index in [0.29, 0.717) is 11.8 Å². The fourth-order valence-corrected chi connectivity index (χ4v) is 3.17. The number of hydrogen-bond acceptors (Lipinski definition) is 2. The molecular formula is C10H13IO2. The number of ether oxygens (including phenoxy) is 1. The zero-order valence-corrected chi connectivity index (χ0v) is 9.73. The van der Waals surface area contributed by atoms with Crippen LogP contribution in [0.4, 0.5) is 0 Å². The molecule has 0 aromatic carbocycles. The monoisotopic (exact) mass is 292 g/mol. The summed E-state index contributed by atoms with van der Waals surface area (Å²) in [4.78, 5) is 11.5. The van der Waals surface area contributed by atoms with Gasteiger partial charge in [0, 0.05) is 10.3 Å². The van der Waals surface area contributed by atoms with Gasteiger partial charge in [-0.25, -0.2) is 0 Å². The third-order valence-corrected chi connectivity index (χ3v) is 3.91. The van der Waals surface area contributed by atoms with Crippen molar-refractivity contribution in [2.24, 2.45) is 17.8 Å². The van der Waals surface area contributed by atoms with Gasteiger partial charge in [-0.2, -0.15) is 0 Å². The highest BCUT2D eigenvalue weighted by Gasteiger charge is 2.46. The van der Waals surface area contributed by atoms with E-state index in [2.05, 4.69) is 41.7 Å². The van der Waals surface area contributed by atoms with Crippen LogP contribution in [0.25, 0.3) is 0 Å². The SMILES string of the molecule is C[C@@H]1C=CC[C@H]2[C@@H]1C(=O)O[C@@H]2CI. The zero-order valence-electron chi connectivity index (χ0n) is 7.57. The molecule has 0 aromatic rings. The van der Waals surface area contributed by atoms with E-state index in [1.807, 2.05) is 0 Å². The van der Waals surface area contributed by atoms with Crippen molar-refractivity contribution in [3.63, 3.8) is 0 Å². The van der Waals surface area contributed by atoms with E-state index in [1.54, 1.807) is 0 Å². The van der Waals surface area contributed by atoms with Crippen LogP contribution in [0.15, 0.2) is 12.2 Å². The third kappa shape index (κ3) is 1.51. The second-order valence-electron chi connectivity index (χ2n) is 3.84. The summed E-state index contributed by atoms with van der Waals surface area (Å²) in [5, 5.41) is 0. The van der Waals surface area contributed by atoms with E-state index in [9.17, 15) is 4.79 Å². The molecule has 3 heteroatoms. The van der Waals surface area contributed by atoms with E-state index >= 15 is 0 Å². The Labute approximate surface area is 91.9 Å². The molecule has 0 radical (unpaired) electrons. The smallest absolute Gasteiger partial charge is 0.310 e. The number of alkyl halides is 1. The van der Waals surface area contributed by atoms with Gasteiger partial charge in [0.2, 0.25) is 0 Å². The first-order valence-corrected chi connectivity index (χ1v) is 6.19. The second kappa shape index (κ2) is 3.59. The lowest BCUT2D eigenvalue weighted by molar-refractivity contribution is -0.144. The lowest BCUT2D eigenvalue weighted by Crippen LogP contribution is -2.28. The molecule has 1 aliphatic heterocycles. The summed E-state index contributed by atoms with van der Waals surface area (Å²) in [6.45, 7) is 2.10. The maximum atomic E-state index is 11.5. The normalized spacial score (nSPS) is 43.1. The van der Waals surface area contributed by atoms with E-state index < -0.39 is 0 Å². The van der Waals surface area contributed by atoms with Gasteiger partial charge >= 0.3 is 5.97 Å².